The van der Waals surface area contributed by atoms with Gasteiger partial charge in [-0.25, -0.2) is 9.97 Å². The van der Waals surface area contributed by atoms with Gasteiger partial charge in [0.05, 0.1) is 16.2 Å². The normalized spacial score (nSPS) is 21.0. The molecule has 34 heavy (non-hydrogen) atoms. The van der Waals surface area contributed by atoms with Crippen LogP contribution in [0.15, 0.2) is 34.5 Å². The molecule has 3 aromatic rings. The zero-order chi connectivity index (χ0) is 24.8. The van der Waals surface area contributed by atoms with Gasteiger partial charge in [-0.1, -0.05) is 63.6 Å². The molecular formula is C26H34ClN5OS. The van der Waals surface area contributed by atoms with Crippen LogP contribution < -0.4 is 10.6 Å². The molecule has 0 amide bonds. The van der Waals surface area contributed by atoms with Gasteiger partial charge in [-0.15, -0.1) is 0 Å². The number of aliphatic hydroxyl groups excluding tert-OH is 1. The Balaban J connectivity index is 0.000000302. The van der Waals surface area contributed by atoms with E-state index >= 15 is 0 Å². The summed E-state index contributed by atoms with van der Waals surface area (Å²) in [5, 5.41) is 12.5. The molecule has 1 aliphatic rings. The molecule has 2 N–H and O–H groups in total. The number of hydrogen-bond donors (Lipinski definition) is 2. The molecule has 0 saturated heterocycles. The third-order valence-corrected chi connectivity index (χ3v) is 7.60. The monoisotopic (exact) mass is 499 g/mol. The topological polar surface area (TPSA) is 87.0 Å². The number of aliphatic hydroxyl groups is 1. The zero-order valence-corrected chi connectivity index (χ0v) is 22.2. The fourth-order valence-corrected chi connectivity index (χ4v) is 5.67. The summed E-state index contributed by atoms with van der Waals surface area (Å²) in [6.45, 7) is 14.4. The Hall–Kier alpha value is -2.22. The molecule has 0 aliphatic heterocycles. The number of aromatic amines is 1. The molecule has 3 aromatic heterocycles. The van der Waals surface area contributed by atoms with Crippen LogP contribution >= 0.6 is 23.4 Å². The summed E-state index contributed by atoms with van der Waals surface area (Å²) in [7, 11) is 0. The number of nitrogens with zero attached hydrogens (tertiary/aromatic N) is 4. The summed E-state index contributed by atoms with van der Waals surface area (Å²) >= 11 is 7.97. The Kier molecular flexibility index (Phi) is 9.28. The highest BCUT2D eigenvalue weighted by Crippen LogP contribution is 2.38. The molecule has 3 unspecified atom stereocenters. The van der Waals surface area contributed by atoms with Gasteiger partial charge in [0.15, 0.2) is 5.65 Å². The molecule has 8 heteroatoms. The predicted molar refractivity (Wildman–Crippen MR) is 144 cm³/mol. The number of nitrogens with one attached hydrogen (secondary N) is 1. The summed E-state index contributed by atoms with van der Waals surface area (Å²) in [5.74, 6) is 1.44. The number of fused-ring (bicyclic) bond motifs is 1. The third-order valence-electron chi connectivity index (χ3n) is 6.33. The van der Waals surface area contributed by atoms with Crippen LogP contribution in [0.5, 0.6) is 0 Å². The number of rotatable bonds is 5. The van der Waals surface area contributed by atoms with Crippen LogP contribution in [0, 0.1) is 11.8 Å². The van der Waals surface area contributed by atoms with Gasteiger partial charge >= 0.3 is 0 Å². The summed E-state index contributed by atoms with van der Waals surface area (Å²) in [6, 6.07) is 1.96. The van der Waals surface area contributed by atoms with Crippen molar-refractivity contribution >= 4 is 51.8 Å². The lowest BCUT2D eigenvalue weighted by Crippen LogP contribution is -2.40. The maximum Gasteiger partial charge on any atom is 0.178 e. The van der Waals surface area contributed by atoms with Crippen molar-refractivity contribution in [2.75, 3.05) is 0 Å². The van der Waals surface area contributed by atoms with Gasteiger partial charge in [-0.2, -0.15) is 0 Å². The molecule has 4 rings (SSSR count). The standard InChI is InChI=1S/C18H18ClN5S.C8H16O/c1-5-14-17(19)16(11(3)24-14)10(2)23-12(4)25-13-8-15-18(22-9-13)21-7-6-20-15;1-3-6-5-8(9)7(6)4-2/h6-9,24H,3,5H2,1-2,4H3;6-9H,3-5H2,1-2H3/b16-10+,23-12?;. The Bertz CT molecular complexity index is 1270. The van der Waals surface area contributed by atoms with Crippen LogP contribution in [-0.4, -0.2) is 36.2 Å². The molecule has 1 fully saturated rings. The highest BCUT2D eigenvalue weighted by Gasteiger charge is 2.36. The van der Waals surface area contributed by atoms with Crippen molar-refractivity contribution in [3.05, 3.63) is 45.9 Å². The molecule has 0 spiro atoms. The van der Waals surface area contributed by atoms with Crippen molar-refractivity contribution in [2.45, 2.75) is 71.3 Å². The highest BCUT2D eigenvalue weighted by molar-refractivity contribution is 8.13. The minimum Gasteiger partial charge on any atom is -0.393 e. The minimum atomic E-state index is 0.0277. The van der Waals surface area contributed by atoms with Crippen molar-refractivity contribution in [3.63, 3.8) is 0 Å². The van der Waals surface area contributed by atoms with E-state index in [1.165, 1.54) is 18.2 Å². The average Bonchev–Trinajstić information content (AvgIpc) is 3.10. The minimum absolute atomic E-state index is 0.0277. The first-order valence-corrected chi connectivity index (χ1v) is 13.0. The molecule has 1 aliphatic carbocycles. The van der Waals surface area contributed by atoms with Gasteiger partial charge < -0.3 is 10.1 Å². The summed E-state index contributed by atoms with van der Waals surface area (Å²) in [5.41, 5.74) is 3.22. The second-order valence-corrected chi connectivity index (χ2v) is 10.2. The van der Waals surface area contributed by atoms with E-state index in [4.69, 9.17) is 11.6 Å². The smallest absolute Gasteiger partial charge is 0.178 e. The van der Waals surface area contributed by atoms with E-state index in [1.54, 1.807) is 18.6 Å². The quantitative estimate of drug-likeness (QED) is 0.289. The van der Waals surface area contributed by atoms with Crippen LogP contribution in [0.25, 0.3) is 23.4 Å². The van der Waals surface area contributed by atoms with Crippen LogP contribution in [0.2, 0.25) is 5.02 Å². The first kappa shape index (κ1) is 26.4. The van der Waals surface area contributed by atoms with E-state index < -0.39 is 0 Å². The lowest BCUT2D eigenvalue weighted by Gasteiger charge is -2.40. The van der Waals surface area contributed by atoms with E-state index in [0.717, 1.165) is 62.6 Å². The average molecular weight is 500 g/mol. The van der Waals surface area contributed by atoms with Crippen molar-refractivity contribution < 1.29 is 5.11 Å². The second kappa shape index (κ2) is 12.0. The van der Waals surface area contributed by atoms with Crippen LogP contribution in [0.4, 0.5) is 0 Å². The van der Waals surface area contributed by atoms with Crippen molar-refractivity contribution in [2.24, 2.45) is 16.8 Å². The number of pyridine rings is 1. The maximum absolute atomic E-state index is 9.21. The van der Waals surface area contributed by atoms with Crippen molar-refractivity contribution in [1.82, 2.24) is 19.9 Å². The lowest BCUT2D eigenvalue weighted by atomic mass is 9.68. The van der Waals surface area contributed by atoms with Crippen LogP contribution in [0.3, 0.4) is 0 Å². The first-order chi connectivity index (χ1) is 16.3. The molecule has 1 saturated carbocycles. The van der Waals surface area contributed by atoms with Gasteiger partial charge in [-0.05, 0) is 44.6 Å². The number of H-pyrrole nitrogens is 1. The first-order valence-electron chi connectivity index (χ1n) is 11.8. The number of halogens is 1. The highest BCUT2D eigenvalue weighted by atomic mass is 35.5. The van der Waals surface area contributed by atoms with Crippen LogP contribution in [-0.2, 0) is 6.42 Å². The number of aryl methyl sites for hydroxylation is 1. The van der Waals surface area contributed by atoms with Gasteiger partial charge in [0, 0.05) is 45.4 Å². The summed E-state index contributed by atoms with van der Waals surface area (Å²) in [4.78, 5) is 21.6. The van der Waals surface area contributed by atoms with E-state index in [2.05, 4.69) is 52.3 Å². The molecule has 3 atom stereocenters. The van der Waals surface area contributed by atoms with E-state index in [9.17, 15) is 5.11 Å². The number of thioether (sulfide) groups is 1. The number of hydrogen-bond acceptors (Lipinski definition) is 6. The summed E-state index contributed by atoms with van der Waals surface area (Å²) in [6.07, 6.45) is 9.38. The third kappa shape index (κ3) is 6.06. The molecule has 0 aromatic carbocycles. The Morgan fingerprint density at radius 3 is 2.53 bits per heavy atom. The fourth-order valence-electron chi connectivity index (χ4n) is 4.44. The maximum atomic E-state index is 9.21. The molecule has 182 valence electrons. The molecular weight excluding hydrogens is 466 g/mol. The Morgan fingerprint density at radius 2 is 1.94 bits per heavy atom. The Labute approximate surface area is 210 Å². The van der Waals surface area contributed by atoms with Crippen molar-refractivity contribution in [3.8, 4) is 0 Å². The SMILES string of the molecule is C=c1[nH]c(CC)c(Cl)/c1=C(\C)N=C(C)Sc1cnc2nccnc2c1.CCC1CC(O)C1CC. The molecule has 6 nitrogen and oxygen atoms in total. The molecule has 0 bridgehead atoms. The predicted octanol–water partition coefficient (Wildman–Crippen LogP) is 5.12. The van der Waals surface area contributed by atoms with Gasteiger partial charge in [-0.3, -0.25) is 9.98 Å². The number of aliphatic imine (C=N–C) groups is 1. The fraction of sp³-hybridized carbons (Fsp3) is 0.462. The second-order valence-electron chi connectivity index (χ2n) is 8.56. The van der Waals surface area contributed by atoms with E-state index in [1.807, 2.05) is 19.9 Å². The van der Waals surface area contributed by atoms with Gasteiger partial charge in [0.25, 0.3) is 0 Å². The summed E-state index contributed by atoms with van der Waals surface area (Å²) < 4.78 is 0. The zero-order valence-electron chi connectivity index (χ0n) is 20.6. The molecule has 3 heterocycles. The lowest BCUT2D eigenvalue weighted by molar-refractivity contribution is -0.0365. The number of aromatic nitrogens is 4. The Morgan fingerprint density at radius 1 is 1.21 bits per heavy atom. The van der Waals surface area contributed by atoms with Crippen molar-refractivity contribution in [1.29, 1.82) is 0 Å². The van der Waals surface area contributed by atoms with Gasteiger partial charge in [0.1, 0.15) is 5.52 Å². The van der Waals surface area contributed by atoms with E-state index in [-0.39, 0.29) is 6.10 Å². The van der Waals surface area contributed by atoms with Crippen LogP contribution in [0.1, 0.15) is 59.6 Å². The largest absolute Gasteiger partial charge is 0.393 e. The van der Waals surface area contributed by atoms with E-state index in [0.29, 0.717) is 16.6 Å². The molecule has 0 radical (unpaired) electrons. The van der Waals surface area contributed by atoms with Gasteiger partial charge in [0.2, 0.25) is 0 Å².